The van der Waals surface area contributed by atoms with Crippen molar-refractivity contribution in [3.05, 3.63) is 119 Å². The van der Waals surface area contributed by atoms with E-state index in [9.17, 15) is 35.9 Å². The molecule has 52 heavy (non-hydrogen) atoms. The van der Waals surface area contributed by atoms with Gasteiger partial charge >= 0.3 is 12.4 Å². The lowest BCUT2D eigenvalue weighted by molar-refractivity contribution is -0.141. The van der Waals surface area contributed by atoms with E-state index in [1.54, 1.807) is 24.3 Å². The molecule has 0 unspecified atom stereocenters. The van der Waals surface area contributed by atoms with E-state index in [1.807, 2.05) is 78.1 Å². The van der Waals surface area contributed by atoms with E-state index in [1.165, 1.54) is 0 Å². The summed E-state index contributed by atoms with van der Waals surface area (Å²) < 4.78 is 82.0. The predicted molar refractivity (Wildman–Crippen MR) is 192 cm³/mol. The van der Waals surface area contributed by atoms with Crippen LogP contribution in [0, 0.1) is 0 Å². The van der Waals surface area contributed by atoms with E-state index in [-0.39, 0.29) is 11.5 Å². The number of hydrogen-bond acceptors (Lipinski definition) is 3. The molecule has 0 bridgehead atoms. The Labute approximate surface area is 300 Å². The maximum absolute atomic E-state index is 13.4. The summed E-state index contributed by atoms with van der Waals surface area (Å²) in [5, 5.41) is 4.13. The molecule has 4 aromatic carbocycles. The molecule has 0 saturated carbocycles. The van der Waals surface area contributed by atoms with E-state index in [0.29, 0.717) is 6.61 Å². The highest BCUT2D eigenvalue weighted by Crippen LogP contribution is 2.51. The largest absolute Gasteiger partial charge is 0.417 e. The van der Waals surface area contributed by atoms with Crippen LogP contribution in [0.25, 0.3) is 22.3 Å². The highest BCUT2D eigenvalue weighted by atomic mass is 28.4. The van der Waals surface area contributed by atoms with Crippen LogP contribution in [0.15, 0.2) is 97.1 Å². The number of carbonyl (C=O) groups is 2. The van der Waals surface area contributed by atoms with Crippen molar-refractivity contribution in [1.82, 2.24) is 10.6 Å². The summed E-state index contributed by atoms with van der Waals surface area (Å²) in [5.74, 6) is -1.94. The summed E-state index contributed by atoms with van der Waals surface area (Å²) in [6, 6.07) is 29.5. The van der Waals surface area contributed by atoms with Crippen LogP contribution < -0.4 is 10.6 Å². The molecule has 0 saturated heterocycles. The smallest absolute Gasteiger partial charge is 0.405 e. The predicted octanol–water partition coefficient (Wildman–Crippen LogP) is 9.52. The molecule has 2 aliphatic rings. The van der Waals surface area contributed by atoms with Crippen molar-refractivity contribution in [2.45, 2.75) is 69.0 Å². The second kappa shape index (κ2) is 14.5. The van der Waals surface area contributed by atoms with Crippen LogP contribution in [0.1, 0.15) is 55.4 Å². The molecule has 5 nitrogen and oxygen atoms in total. The van der Waals surface area contributed by atoms with Crippen molar-refractivity contribution in [1.29, 1.82) is 0 Å². The minimum absolute atomic E-state index is 0.00973. The Kier molecular flexibility index (Phi) is 10.8. The molecule has 0 fully saturated rings. The first kappa shape index (κ1) is 38.8. The Morgan fingerprint density at radius 1 is 0.654 bits per heavy atom. The van der Waals surface area contributed by atoms with Crippen molar-refractivity contribution in [2.75, 3.05) is 19.7 Å². The van der Waals surface area contributed by atoms with Crippen molar-refractivity contribution in [3.63, 3.8) is 0 Å². The minimum atomic E-state index is -4.48. The Hall–Kier alpha value is -4.42. The average molecular weight is 741 g/mol. The molecule has 276 valence electrons. The number of benzene rings is 4. The number of hydrogen-bond donors (Lipinski definition) is 2. The molecule has 0 radical (unpaired) electrons. The van der Waals surface area contributed by atoms with Crippen molar-refractivity contribution >= 4 is 20.1 Å². The molecule has 2 amide bonds. The van der Waals surface area contributed by atoms with Crippen LogP contribution >= 0.6 is 0 Å². The third-order valence-electron chi connectivity index (χ3n) is 10.2. The summed E-state index contributed by atoms with van der Waals surface area (Å²) in [4.78, 5) is 25.6. The van der Waals surface area contributed by atoms with Gasteiger partial charge in [0, 0.05) is 6.61 Å². The zero-order valence-electron chi connectivity index (χ0n) is 29.6. The fraction of sp³-hybridized carbons (Fsp3) is 0.350. The fourth-order valence-electron chi connectivity index (χ4n) is 6.69. The minimum Gasteiger partial charge on any atom is -0.417 e. The van der Waals surface area contributed by atoms with E-state index < -0.39 is 56.9 Å². The Morgan fingerprint density at radius 2 is 1.06 bits per heavy atom. The van der Waals surface area contributed by atoms with Gasteiger partial charge in [-0.05, 0) is 69.1 Å². The van der Waals surface area contributed by atoms with E-state index >= 15 is 0 Å². The van der Waals surface area contributed by atoms with Gasteiger partial charge < -0.3 is 15.1 Å². The second-order valence-corrected chi connectivity index (χ2v) is 19.4. The van der Waals surface area contributed by atoms with Crippen LogP contribution in [-0.4, -0.2) is 52.2 Å². The summed E-state index contributed by atoms with van der Waals surface area (Å²) in [7, 11) is -2.09. The van der Waals surface area contributed by atoms with Crippen LogP contribution in [0.2, 0.25) is 18.1 Å². The summed E-state index contributed by atoms with van der Waals surface area (Å²) in [6.07, 6.45) is -8.61. The zero-order chi connectivity index (χ0) is 38.1. The highest BCUT2D eigenvalue weighted by Gasteiger charge is 2.50. The Morgan fingerprint density at radius 3 is 1.50 bits per heavy atom. The topological polar surface area (TPSA) is 67.4 Å². The molecular weight excluding hydrogens is 699 g/mol. The summed E-state index contributed by atoms with van der Waals surface area (Å²) in [5.41, 5.74) is 5.31. The quantitative estimate of drug-likeness (QED) is 0.140. The van der Waals surface area contributed by atoms with Gasteiger partial charge in [0.15, 0.2) is 8.32 Å². The first-order valence-electron chi connectivity index (χ1n) is 17.0. The van der Waals surface area contributed by atoms with Gasteiger partial charge in [0.25, 0.3) is 0 Å². The van der Waals surface area contributed by atoms with Gasteiger partial charge in [0.05, 0.1) is 5.92 Å². The summed E-state index contributed by atoms with van der Waals surface area (Å²) >= 11 is 0. The second-order valence-electron chi connectivity index (χ2n) is 14.6. The third-order valence-corrected chi connectivity index (χ3v) is 14.7. The van der Waals surface area contributed by atoms with Gasteiger partial charge in [-0.1, -0.05) is 118 Å². The molecule has 4 aromatic rings. The number of carbonyl (C=O) groups excluding carboxylic acids is 2. The fourth-order valence-corrected chi connectivity index (χ4v) is 7.73. The molecule has 0 aliphatic heterocycles. The number of alkyl halides is 6. The molecular formula is C40H42F6N2O3Si. The first-order chi connectivity index (χ1) is 24.3. The standard InChI is InChI=1S/C24H30F3NO2Si.C16H12F3NO/c1-22(2,3)31(4,5)30-15-14-23(21(29)28-16-24(25,26)27)19-12-8-6-10-17(19)18-11-7-9-13-20(18)23;17-16(18,19)9-20-15(21)14-12-7-3-1-5-10(12)11-6-2-4-8-13(11)14/h6-13H,14-16H2,1-5H3,(H,28,29);1-8,14H,9H2,(H,20,21). The average Bonchev–Trinajstić information content (AvgIpc) is 3.56. The first-order valence-corrected chi connectivity index (χ1v) is 19.9. The van der Waals surface area contributed by atoms with Crippen LogP contribution in [-0.2, 0) is 19.4 Å². The molecule has 2 N–H and O–H groups in total. The molecule has 0 spiro atoms. The maximum Gasteiger partial charge on any atom is 0.405 e. The highest BCUT2D eigenvalue weighted by molar-refractivity contribution is 6.74. The lowest BCUT2D eigenvalue weighted by Crippen LogP contribution is -2.48. The molecule has 12 heteroatoms. The van der Waals surface area contributed by atoms with Crippen LogP contribution in [0.4, 0.5) is 26.3 Å². The number of fused-ring (bicyclic) bond motifs is 6. The normalized spacial score (nSPS) is 14.7. The van der Waals surface area contributed by atoms with Gasteiger partial charge in [-0.3, -0.25) is 9.59 Å². The molecule has 0 aromatic heterocycles. The maximum atomic E-state index is 13.4. The van der Waals surface area contributed by atoms with Gasteiger partial charge in [-0.25, -0.2) is 0 Å². The SMILES string of the molecule is CC(C)(C)[Si](C)(C)OCCC1(C(=O)NCC(F)(F)F)c2ccccc2-c2ccccc21.O=C(NCC(F)(F)F)C1c2ccccc2-c2ccccc21. The number of halogens is 6. The van der Waals surface area contributed by atoms with E-state index in [4.69, 9.17) is 4.43 Å². The zero-order valence-corrected chi connectivity index (χ0v) is 30.6. The number of rotatable bonds is 8. The Balaban J connectivity index is 0.000000216. The molecule has 0 heterocycles. The lowest BCUT2D eigenvalue weighted by atomic mass is 9.74. The van der Waals surface area contributed by atoms with Gasteiger partial charge in [0.1, 0.15) is 18.5 Å². The van der Waals surface area contributed by atoms with E-state index in [0.717, 1.165) is 44.5 Å². The molecule has 2 aliphatic carbocycles. The third kappa shape index (κ3) is 7.97. The van der Waals surface area contributed by atoms with Gasteiger partial charge in [-0.2, -0.15) is 26.3 Å². The van der Waals surface area contributed by atoms with Crippen LogP contribution in [0.5, 0.6) is 0 Å². The number of amides is 2. The molecule has 0 atom stereocenters. The lowest BCUT2D eigenvalue weighted by Gasteiger charge is -2.38. The van der Waals surface area contributed by atoms with Crippen molar-refractivity contribution in [3.8, 4) is 22.3 Å². The number of nitrogens with one attached hydrogen (secondary N) is 2. The van der Waals surface area contributed by atoms with Gasteiger partial charge in [0.2, 0.25) is 11.8 Å². The van der Waals surface area contributed by atoms with Crippen molar-refractivity contribution in [2.24, 2.45) is 0 Å². The summed E-state index contributed by atoms with van der Waals surface area (Å²) in [6.45, 7) is 8.26. The van der Waals surface area contributed by atoms with E-state index in [2.05, 4.69) is 39.2 Å². The van der Waals surface area contributed by atoms with Gasteiger partial charge in [-0.15, -0.1) is 0 Å². The Bertz CT molecular complexity index is 1840. The van der Waals surface area contributed by atoms with Crippen molar-refractivity contribution < 1.29 is 40.4 Å². The van der Waals surface area contributed by atoms with Crippen LogP contribution in [0.3, 0.4) is 0 Å². The monoisotopic (exact) mass is 740 g/mol. The molecule has 6 rings (SSSR count).